The Labute approximate surface area is 142 Å². The predicted molar refractivity (Wildman–Crippen MR) is 95.6 cm³/mol. The summed E-state index contributed by atoms with van der Waals surface area (Å²) >= 11 is 0. The van der Waals surface area contributed by atoms with Gasteiger partial charge in [-0.3, -0.25) is 9.00 Å². The largest absolute Gasteiger partial charge is 0.348 e. The van der Waals surface area contributed by atoms with Gasteiger partial charge in [0, 0.05) is 29.2 Å². The van der Waals surface area contributed by atoms with Crippen LogP contribution in [-0.4, -0.2) is 28.7 Å². The molecular formula is C16H27ClN2O2S. The van der Waals surface area contributed by atoms with Crippen molar-refractivity contribution in [1.29, 1.82) is 0 Å². The first-order chi connectivity index (χ1) is 10.1. The van der Waals surface area contributed by atoms with E-state index in [1.165, 1.54) is 0 Å². The molecule has 0 aromatic heterocycles. The zero-order valence-electron chi connectivity index (χ0n) is 13.1. The summed E-state index contributed by atoms with van der Waals surface area (Å²) in [6.45, 7) is 0.713. The lowest BCUT2D eigenvalue weighted by atomic mass is 10.1. The maximum Gasteiger partial charge on any atom is 0.220 e. The minimum Gasteiger partial charge on any atom is -0.348 e. The van der Waals surface area contributed by atoms with Crippen molar-refractivity contribution in [2.45, 2.75) is 38.1 Å². The van der Waals surface area contributed by atoms with Gasteiger partial charge in [0.05, 0.1) is 6.04 Å². The lowest BCUT2D eigenvalue weighted by molar-refractivity contribution is -0.121. The first-order valence-corrected chi connectivity index (χ1v) is 9.20. The molecule has 1 amide bonds. The number of nitrogens with two attached hydrogens (primary N) is 1. The third kappa shape index (κ3) is 9.18. The van der Waals surface area contributed by atoms with Crippen molar-refractivity contribution in [1.82, 2.24) is 5.32 Å². The van der Waals surface area contributed by atoms with E-state index < -0.39 is 10.8 Å². The molecule has 0 fully saturated rings. The molecule has 3 N–H and O–H groups in total. The van der Waals surface area contributed by atoms with Crippen LogP contribution in [0.4, 0.5) is 0 Å². The summed E-state index contributed by atoms with van der Waals surface area (Å²) in [7, 11) is -0.951. The molecule has 0 spiro atoms. The summed E-state index contributed by atoms with van der Waals surface area (Å²) in [4.78, 5) is 12.0. The Kier molecular flexibility index (Phi) is 12.1. The predicted octanol–water partition coefficient (Wildman–Crippen LogP) is 2.55. The molecule has 0 aliphatic rings. The normalized spacial score (nSPS) is 13.0. The highest BCUT2D eigenvalue weighted by molar-refractivity contribution is 7.84. The number of hydrogen-bond donors (Lipinski definition) is 2. The molecule has 0 radical (unpaired) electrons. The van der Waals surface area contributed by atoms with Gasteiger partial charge < -0.3 is 11.1 Å². The topological polar surface area (TPSA) is 72.2 Å². The van der Waals surface area contributed by atoms with Gasteiger partial charge in [0.15, 0.2) is 0 Å². The minimum absolute atomic E-state index is 0. The van der Waals surface area contributed by atoms with Crippen LogP contribution in [0.2, 0.25) is 0 Å². The van der Waals surface area contributed by atoms with Crippen LogP contribution in [0.5, 0.6) is 0 Å². The Morgan fingerprint density at radius 2 is 1.82 bits per heavy atom. The quantitative estimate of drug-likeness (QED) is 0.639. The molecule has 0 aliphatic carbocycles. The van der Waals surface area contributed by atoms with E-state index in [0.717, 1.165) is 31.2 Å². The SMILES string of the molecule is CS(=O)CC(NC(=O)CCCCCCN)c1ccccc1.Cl. The second-order valence-corrected chi connectivity index (χ2v) is 6.70. The molecule has 2 atom stereocenters. The number of benzene rings is 1. The van der Waals surface area contributed by atoms with E-state index in [0.29, 0.717) is 18.7 Å². The first kappa shape index (κ1) is 21.1. The highest BCUT2D eigenvalue weighted by Crippen LogP contribution is 2.14. The fourth-order valence-electron chi connectivity index (χ4n) is 2.19. The van der Waals surface area contributed by atoms with Gasteiger partial charge in [-0.1, -0.05) is 43.2 Å². The summed E-state index contributed by atoms with van der Waals surface area (Å²) in [6, 6.07) is 9.54. The van der Waals surface area contributed by atoms with E-state index in [4.69, 9.17) is 5.73 Å². The second kappa shape index (κ2) is 12.6. The number of halogens is 1. The monoisotopic (exact) mass is 346 g/mol. The van der Waals surface area contributed by atoms with Gasteiger partial charge in [-0.15, -0.1) is 12.4 Å². The standard InChI is InChI=1S/C16H26N2O2S.ClH/c1-21(20)13-15(14-9-5-4-6-10-14)18-16(19)11-7-2-3-8-12-17;/h4-6,9-10,15H,2-3,7-8,11-13,17H2,1H3,(H,18,19);1H. The van der Waals surface area contributed by atoms with Crippen molar-refractivity contribution >= 4 is 29.1 Å². The number of carbonyl (C=O) groups excluding carboxylic acids is 1. The third-order valence-electron chi connectivity index (χ3n) is 3.30. The fourth-order valence-corrected chi connectivity index (χ4v) is 2.94. The summed E-state index contributed by atoms with van der Waals surface area (Å²) in [5.74, 6) is 0.477. The number of amides is 1. The van der Waals surface area contributed by atoms with E-state index in [2.05, 4.69) is 5.32 Å². The van der Waals surface area contributed by atoms with Gasteiger partial charge in [0.2, 0.25) is 5.91 Å². The number of carbonyl (C=O) groups is 1. The van der Waals surface area contributed by atoms with Crippen LogP contribution < -0.4 is 11.1 Å². The second-order valence-electron chi connectivity index (χ2n) is 5.22. The summed E-state index contributed by atoms with van der Waals surface area (Å²) in [5.41, 5.74) is 6.44. The van der Waals surface area contributed by atoms with Crippen molar-refractivity contribution in [3.8, 4) is 0 Å². The van der Waals surface area contributed by atoms with Crippen LogP contribution in [-0.2, 0) is 15.6 Å². The Bertz CT molecular complexity index is 443. The van der Waals surface area contributed by atoms with Crippen LogP contribution in [0.1, 0.15) is 43.7 Å². The molecule has 126 valence electrons. The minimum atomic E-state index is -0.951. The molecular weight excluding hydrogens is 320 g/mol. The van der Waals surface area contributed by atoms with E-state index in [-0.39, 0.29) is 24.4 Å². The Balaban J connectivity index is 0.00000441. The molecule has 0 heterocycles. The molecule has 1 rings (SSSR count). The summed E-state index contributed by atoms with van der Waals surface area (Å²) in [5, 5.41) is 3.00. The van der Waals surface area contributed by atoms with Crippen molar-refractivity contribution in [3.05, 3.63) is 35.9 Å². The maximum absolute atomic E-state index is 12.0. The molecule has 0 bridgehead atoms. The maximum atomic E-state index is 12.0. The van der Waals surface area contributed by atoms with Crippen molar-refractivity contribution < 1.29 is 9.00 Å². The average Bonchev–Trinajstić information content (AvgIpc) is 2.47. The summed E-state index contributed by atoms with van der Waals surface area (Å²) < 4.78 is 11.5. The van der Waals surface area contributed by atoms with Crippen LogP contribution >= 0.6 is 12.4 Å². The van der Waals surface area contributed by atoms with Gasteiger partial charge in [-0.2, -0.15) is 0 Å². The van der Waals surface area contributed by atoms with Crippen LogP contribution in [0.15, 0.2) is 30.3 Å². The van der Waals surface area contributed by atoms with E-state index >= 15 is 0 Å². The molecule has 0 saturated carbocycles. The lowest BCUT2D eigenvalue weighted by Gasteiger charge is -2.18. The highest BCUT2D eigenvalue weighted by atomic mass is 35.5. The molecule has 2 unspecified atom stereocenters. The molecule has 0 saturated heterocycles. The van der Waals surface area contributed by atoms with E-state index in [9.17, 15) is 9.00 Å². The molecule has 6 heteroatoms. The average molecular weight is 347 g/mol. The zero-order valence-corrected chi connectivity index (χ0v) is 14.8. The highest BCUT2D eigenvalue weighted by Gasteiger charge is 2.15. The summed E-state index contributed by atoms with van der Waals surface area (Å²) in [6.07, 6.45) is 6.18. The number of unbranched alkanes of at least 4 members (excludes halogenated alkanes) is 3. The smallest absolute Gasteiger partial charge is 0.220 e. The van der Waals surface area contributed by atoms with Gasteiger partial charge >= 0.3 is 0 Å². The number of rotatable bonds is 10. The zero-order chi connectivity index (χ0) is 15.5. The molecule has 1 aromatic carbocycles. The molecule has 1 aromatic rings. The number of hydrogen-bond acceptors (Lipinski definition) is 3. The van der Waals surface area contributed by atoms with Gasteiger partial charge in [0.1, 0.15) is 0 Å². The van der Waals surface area contributed by atoms with Crippen molar-refractivity contribution in [2.24, 2.45) is 5.73 Å². The van der Waals surface area contributed by atoms with E-state index in [1.807, 2.05) is 30.3 Å². The van der Waals surface area contributed by atoms with Gasteiger partial charge in [0.25, 0.3) is 0 Å². The van der Waals surface area contributed by atoms with Crippen molar-refractivity contribution in [3.63, 3.8) is 0 Å². The fraction of sp³-hybridized carbons (Fsp3) is 0.562. The molecule has 4 nitrogen and oxygen atoms in total. The van der Waals surface area contributed by atoms with Crippen LogP contribution in [0.3, 0.4) is 0 Å². The van der Waals surface area contributed by atoms with Gasteiger partial charge in [-0.25, -0.2) is 0 Å². The van der Waals surface area contributed by atoms with Gasteiger partial charge in [-0.05, 0) is 24.9 Å². The van der Waals surface area contributed by atoms with Crippen molar-refractivity contribution in [2.75, 3.05) is 18.6 Å². The third-order valence-corrected chi connectivity index (χ3v) is 4.10. The first-order valence-electron chi connectivity index (χ1n) is 7.48. The number of nitrogens with one attached hydrogen (secondary N) is 1. The molecule has 0 aliphatic heterocycles. The lowest BCUT2D eigenvalue weighted by Crippen LogP contribution is -2.31. The van der Waals surface area contributed by atoms with Crippen LogP contribution in [0.25, 0.3) is 0 Å². The molecule has 22 heavy (non-hydrogen) atoms. The van der Waals surface area contributed by atoms with Crippen LogP contribution in [0, 0.1) is 0 Å². The Hall–Kier alpha value is -0.910. The Morgan fingerprint density at radius 3 is 2.41 bits per heavy atom. The Morgan fingerprint density at radius 1 is 1.18 bits per heavy atom. The van der Waals surface area contributed by atoms with E-state index in [1.54, 1.807) is 6.26 Å².